The quantitative estimate of drug-likeness (QED) is 0.528. The Kier molecular flexibility index (Phi) is 6.65. The van der Waals surface area contributed by atoms with E-state index >= 15 is 0 Å². The Morgan fingerprint density at radius 1 is 1.09 bits per heavy atom. The summed E-state index contributed by atoms with van der Waals surface area (Å²) in [6.07, 6.45) is 6.58. The molecule has 0 spiro atoms. The number of fused-ring (bicyclic) bond motifs is 1. The molecule has 0 unspecified atom stereocenters. The lowest BCUT2D eigenvalue weighted by Gasteiger charge is -2.31. The molecular formula is C25H29N3O3S. The van der Waals surface area contributed by atoms with Gasteiger partial charge in [0.1, 0.15) is 5.70 Å². The second-order valence-electron chi connectivity index (χ2n) is 8.42. The third kappa shape index (κ3) is 5.05. The van der Waals surface area contributed by atoms with E-state index in [1.807, 2.05) is 36.4 Å². The highest BCUT2D eigenvalue weighted by Gasteiger charge is 2.27. The number of sulfonamides is 1. The number of H-pyrrole nitrogens is 1. The Labute approximate surface area is 189 Å². The van der Waals surface area contributed by atoms with Gasteiger partial charge in [0.05, 0.1) is 4.90 Å². The molecule has 0 saturated carbocycles. The van der Waals surface area contributed by atoms with Crippen molar-refractivity contribution in [2.45, 2.75) is 37.5 Å². The van der Waals surface area contributed by atoms with Crippen molar-refractivity contribution < 1.29 is 13.2 Å². The molecule has 2 aromatic carbocycles. The van der Waals surface area contributed by atoms with Gasteiger partial charge in [0.25, 0.3) is 15.9 Å². The van der Waals surface area contributed by atoms with Gasteiger partial charge in [-0.2, -0.15) is 0 Å². The molecular weight excluding hydrogens is 422 g/mol. The molecule has 1 amide bonds. The van der Waals surface area contributed by atoms with Gasteiger partial charge in [-0.05, 0) is 55.4 Å². The number of hydrogen-bond donors (Lipinski definition) is 2. The lowest BCUT2D eigenvalue weighted by atomic mass is 9.99. The van der Waals surface area contributed by atoms with Crippen molar-refractivity contribution in [3.63, 3.8) is 0 Å². The summed E-state index contributed by atoms with van der Waals surface area (Å²) in [6, 6.07) is 16.8. The van der Waals surface area contributed by atoms with Crippen molar-refractivity contribution in [2.75, 3.05) is 13.1 Å². The van der Waals surface area contributed by atoms with Crippen LogP contribution in [-0.2, 0) is 21.2 Å². The fourth-order valence-corrected chi connectivity index (χ4v) is 5.37. The molecule has 4 rings (SSSR count). The zero-order valence-corrected chi connectivity index (χ0v) is 19.1. The van der Waals surface area contributed by atoms with Gasteiger partial charge in [-0.15, -0.1) is 0 Å². The van der Waals surface area contributed by atoms with E-state index < -0.39 is 10.0 Å². The fourth-order valence-electron chi connectivity index (χ4n) is 4.07. The number of allylic oxidation sites excluding steroid dienone is 1. The smallest absolute Gasteiger partial charge is 0.270 e. The van der Waals surface area contributed by atoms with Gasteiger partial charge >= 0.3 is 0 Å². The average molecular weight is 452 g/mol. The third-order valence-electron chi connectivity index (χ3n) is 6.01. The Hall–Kier alpha value is -3.06. The SMILES string of the molecule is CC1CCN(C(=O)/C(=C\CCc2ccccc2)NS(=O)(=O)c2cccc3[nH]ccc23)CC1. The minimum Gasteiger partial charge on any atom is -0.361 e. The van der Waals surface area contributed by atoms with Crippen molar-refractivity contribution in [1.82, 2.24) is 14.6 Å². The zero-order chi connectivity index (χ0) is 22.6. The van der Waals surface area contributed by atoms with Crippen LogP contribution in [0, 0.1) is 5.92 Å². The monoisotopic (exact) mass is 451 g/mol. The summed E-state index contributed by atoms with van der Waals surface area (Å²) in [5, 5.41) is 0.600. The molecule has 168 valence electrons. The molecule has 2 heterocycles. The number of rotatable bonds is 7. The second-order valence-corrected chi connectivity index (χ2v) is 10.1. The molecule has 1 aromatic heterocycles. The third-order valence-corrected chi connectivity index (χ3v) is 7.44. The first-order valence-electron chi connectivity index (χ1n) is 11.1. The molecule has 1 aliphatic rings. The van der Waals surface area contributed by atoms with E-state index in [1.165, 1.54) is 0 Å². The predicted octanol–water partition coefficient (Wildman–Crippen LogP) is 4.22. The summed E-state index contributed by atoms with van der Waals surface area (Å²) in [7, 11) is -3.93. The van der Waals surface area contributed by atoms with E-state index in [-0.39, 0.29) is 16.5 Å². The minimum absolute atomic E-state index is 0.128. The van der Waals surface area contributed by atoms with Crippen LogP contribution in [0.5, 0.6) is 0 Å². The largest absolute Gasteiger partial charge is 0.361 e. The number of aromatic nitrogens is 1. The van der Waals surface area contributed by atoms with E-state index in [0.29, 0.717) is 30.8 Å². The molecule has 1 aliphatic heterocycles. The number of aromatic amines is 1. The van der Waals surface area contributed by atoms with Crippen LogP contribution < -0.4 is 4.72 Å². The maximum atomic E-state index is 13.3. The van der Waals surface area contributed by atoms with Crippen LogP contribution in [0.25, 0.3) is 10.9 Å². The summed E-state index contributed by atoms with van der Waals surface area (Å²) in [6.45, 7) is 3.47. The van der Waals surface area contributed by atoms with Crippen LogP contribution in [0.4, 0.5) is 0 Å². The number of piperidine rings is 1. The topological polar surface area (TPSA) is 82.3 Å². The number of benzene rings is 2. The predicted molar refractivity (Wildman–Crippen MR) is 126 cm³/mol. The van der Waals surface area contributed by atoms with Gasteiger partial charge in [-0.25, -0.2) is 8.42 Å². The first-order valence-corrected chi connectivity index (χ1v) is 12.5. The molecule has 0 atom stereocenters. The Balaban J connectivity index is 1.59. The van der Waals surface area contributed by atoms with Crippen molar-refractivity contribution in [3.05, 3.63) is 78.1 Å². The number of aryl methyl sites for hydroxylation is 1. The zero-order valence-electron chi connectivity index (χ0n) is 18.3. The van der Waals surface area contributed by atoms with Crippen LogP contribution in [0.1, 0.15) is 31.7 Å². The highest BCUT2D eigenvalue weighted by molar-refractivity contribution is 7.90. The number of amides is 1. The van der Waals surface area contributed by atoms with Crippen molar-refractivity contribution in [2.24, 2.45) is 5.92 Å². The van der Waals surface area contributed by atoms with Crippen molar-refractivity contribution in [1.29, 1.82) is 0 Å². The molecule has 0 aliphatic carbocycles. The van der Waals surface area contributed by atoms with E-state index in [9.17, 15) is 13.2 Å². The second kappa shape index (κ2) is 9.61. The lowest BCUT2D eigenvalue weighted by Crippen LogP contribution is -2.42. The molecule has 32 heavy (non-hydrogen) atoms. The first kappa shape index (κ1) is 22.1. The van der Waals surface area contributed by atoms with Gasteiger partial charge in [-0.1, -0.05) is 49.4 Å². The Morgan fingerprint density at radius 3 is 2.59 bits per heavy atom. The standard InChI is InChI=1S/C25H29N3O3S/c1-19-14-17-28(18-15-19)25(29)23(11-5-9-20-7-3-2-4-8-20)27-32(30,31)24-12-6-10-22-21(24)13-16-26-22/h2-4,6-8,10-13,16,19,26-27H,5,9,14-15,17-18H2,1H3/b23-11+. The molecule has 1 saturated heterocycles. The lowest BCUT2D eigenvalue weighted by molar-refractivity contribution is -0.128. The number of hydrogen-bond acceptors (Lipinski definition) is 3. The molecule has 0 bridgehead atoms. The summed E-state index contributed by atoms with van der Waals surface area (Å²) >= 11 is 0. The summed E-state index contributed by atoms with van der Waals surface area (Å²) in [5.41, 5.74) is 2.00. The van der Waals surface area contributed by atoms with E-state index in [4.69, 9.17) is 0 Å². The van der Waals surface area contributed by atoms with Gasteiger partial charge < -0.3 is 9.88 Å². The van der Waals surface area contributed by atoms with Crippen LogP contribution in [0.3, 0.4) is 0 Å². The molecule has 0 radical (unpaired) electrons. The average Bonchev–Trinajstić information content (AvgIpc) is 3.28. The van der Waals surface area contributed by atoms with Crippen LogP contribution in [0.15, 0.2) is 77.5 Å². The maximum absolute atomic E-state index is 13.3. The Bertz CT molecular complexity index is 1210. The normalized spacial score (nSPS) is 15.8. The highest BCUT2D eigenvalue weighted by Crippen LogP contribution is 2.23. The number of nitrogens with one attached hydrogen (secondary N) is 2. The van der Waals surface area contributed by atoms with Crippen LogP contribution in [-0.4, -0.2) is 37.3 Å². The summed E-state index contributed by atoms with van der Waals surface area (Å²) in [4.78, 5) is 18.2. The van der Waals surface area contributed by atoms with Crippen LogP contribution in [0.2, 0.25) is 0 Å². The van der Waals surface area contributed by atoms with Gasteiger partial charge in [-0.3, -0.25) is 9.52 Å². The van der Waals surface area contributed by atoms with Crippen LogP contribution >= 0.6 is 0 Å². The van der Waals surface area contributed by atoms with Gasteiger partial charge in [0, 0.05) is 30.2 Å². The van der Waals surface area contributed by atoms with E-state index in [0.717, 1.165) is 30.3 Å². The number of carbonyl (C=O) groups is 1. The summed E-state index contributed by atoms with van der Waals surface area (Å²) < 4.78 is 29.2. The van der Waals surface area contributed by atoms with Gasteiger partial charge in [0.15, 0.2) is 0 Å². The molecule has 1 fully saturated rings. The molecule has 3 aromatic rings. The Morgan fingerprint density at radius 2 is 1.84 bits per heavy atom. The van der Waals surface area contributed by atoms with E-state index in [1.54, 1.807) is 35.4 Å². The van der Waals surface area contributed by atoms with Crippen molar-refractivity contribution >= 4 is 26.8 Å². The highest BCUT2D eigenvalue weighted by atomic mass is 32.2. The minimum atomic E-state index is -3.93. The molecule has 6 nitrogen and oxygen atoms in total. The molecule has 7 heteroatoms. The van der Waals surface area contributed by atoms with Crippen molar-refractivity contribution in [3.8, 4) is 0 Å². The number of likely N-dealkylation sites (tertiary alicyclic amines) is 1. The fraction of sp³-hybridized carbons (Fsp3) is 0.320. The summed E-state index contributed by atoms with van der Waals surface area (Å²) in [5.74, 6) is 0.322. The van der Waals surface area contributed by atoms with Gasteiger partial charge in [0.2, 0.25) is 0 Å². The number of carbonyl (C=O) groups excluding carboxylic acids is 1. The molecule has 2 N–H and O–H groups in total. The number of nitrogens with zero attached hydrogens (tertiary/aromatic N) is 1. The van der Waals surface area contributed by atoms with E-state index in [2.05, 4.69) is 16.6 Å². The first-order chi connectivity index (χ1) is 15.4. The maximum Gasteiger partial charge on any atom is 0.270 e.